The number of ether oxygens (including phenoxy) is 3. The molecular weight excluding hydrogens is 350 g/mol. The van der Waals surface area contributed by atoms with Crippen LogP contribution in [0.4, 0.5) is 0 Å². The Hall–Kier alpha value is -2.98. The van der Waals surface area contributed by atoms with Gasteiger partial charge >= 0.3 is 0 Å². The van der Waals surface area contributed by atoms with E-state index in [-0.39, 0.29) is 18.7 Å². The van der Waals surface area contributed by atoms with Gasteiger partial charge in [0.1, 0.15) is 17.2 Å². The van der Waals surface area contributed by atoms with Crippen LogP contribution in [0.2, 0.25) is 0 Å². The second-order valence-electron chi connectivity index (χ2n) is 7.98. The standard InChI is InChI=1S/C24H21NO3/c1-13-4-7-19-16(10-13)22-25-23(26-19)18-12-15(3)6-9-21(18)28-24(25)17-11-14(2)5-8-20(17)27-22/h4-12,22-24H,1-3H3/t22-,23-,24-/m0/s1. The van der Waals surface area contributed by atoms with Crippen molar-refractivity contribution in [1.82, 2.24) is 4.90 Å². The van der Waals surface area contributed by atoms with E-state index in [1.165, 1.54) is 16.7 Å². The van der Waals surface area contributed by atoms with E-state index in [4.69, 9.17) is 14.2 Å². The average Bonchev–Trinajstić information content (AvgIpc) is 2.69. The number of aryl methyl sites for hydroxylation is 3. The first-order valence-electron chi connectivity index (χ1n) is 9.67. The van der Waals surface area contributed by atoms with Crippen molar-refractivity contribution in [3.63, 3.8) is 0 Å². The van der Waals surface area contributed by atoms with E-state index in [1.54, 1.807) is 0 Å². The van der Waals surface area contributed by atoms with Crippen LogP contribution in [-0.4, -0.2) is 4.90 Å². The average molecular weight is 371 g/mol. The maximum atomic E-state index is 6.52. The van der Waals surface area contributed by atoms with Crippen molar-refractivity contribution in [2.45, 2.75) is 39.5 Å². The Morgan fingerprint density at radius 2 is 0.857 bits per heavy atom. The molecular formula is C24H21NO3. The van der Waals surface area contributed by atoms with Gasteiger partial charge in [-0.3, -0.25) is 0 Å². The highest BCUT2D eigenvalue weighted by molar-refractivity contribution is 5.50. The molecule has 3 heterocycles. The Balaban J connectivity index is 1.61. The fourth-order valence-corrected chi connectivity index (χ4v) is 4.49. The Kier molecular flexibility index (Phi) is 3.16. The molecule has 0 spiro atoms. The Morgan fingerprint density at radius 3 is 1.18 bits per heavy atom. The number of fused-ring (bicyclic) bond motifs is 6. The van der Waals surface area contributed by atoms with Gasteiger partial charge < -0.3 is 14.2 Å². The molecule has 0 saturated heterocycles. The summed E-state index contributed by atoms with van der Waals surface area (Å²) in [4.78, 5) is 2.21. The fourth-order valence-electron chi connectivity index (χ4n) is 4.49. The van der Waals surface area contributed by atoms with Crippen LogP contribution in [0.5, 0.6) is 17.2 Å². The molecule has 0 unspecified atom stereocenters. The molecule has 4 nitrogen and oxygen atoms in total. The first-order chi connectivity index (χ1) is 13.6. The van der Waals surface area contributed by atoms with Gasteiger partial charge in [0.25, 0.3) is 0 Å². The monoisotopic (exact) mass is 371 g/mol. The molecule has 4 heteroatoms. The zero-order valence-electron chi connectivity index (χ0n) is 16.1. The minimum atomic E-state index is -0.248. The molecule has 3 aliphatic rings. The minimum absolute atomic E-state index is 0.248. The van der Waals surface area contributed by atoms with Crippen LogP contribution < -0.4 is 14.2 Å². The molecule has 0 N–H and O–H groups in total. The van der Waals surface area contributed by atoms with Crippen LogP contribution in [0.1, 0.15) is 52.1 Å². The number of nitrogens with zero attached hydrogens (tertiary/aromatic N) is 1. The Labute approximate surface area is 164 Å². The Bertz CT molecular complexity index is 981. The van der Waals surface area contributed by atoms with Crippen molar-refractivity contribution in [2.24, 2.45) is 0 Å². The number of hydrogen-bond donors (Lipinski definition) is 0. The highest BCUT2D eigenvalue weighted by Gasteiger charge is 2.51. The summed E-state index contributed by atoms with van der Waals surface area (Å²) < 4.78 is 19.6. The number of hydrogen-bond acceptors (Lipinski definition) is 4. The van der Waals surface area contributed by atoms with Gasteiger partial charge in [0.2, 0.25) is 0 Å². The fraction of sp³-hybridized carbons (Fsp3) is 0.250. The van der Waals surface area contributed by atoms with E-state index in [2.05, 4.69) is 80.3 Å². The summed E-state index contributed by atoms with van der Waals surface area (Å²) in [5.74, 6) is 2.63. The van der Waals surface area contributed by atoms with E-state index >= 15 is 0 Å². The van der Waals surface area contributed by atoms with Crippen LogP contribution in [0.3, 0.4) is 0 Å². The first kappa shape index (κ1) is 16.0. The molecule has 3 aromatic carbocycles. The zero-order valence-corrected chi connectivity index (χ0v) is 16.1. The van der Waals surface area contributed by atoms with Crippen molar-refractivity contribution in [1.29, 1.82) is 0 Å². The third-order valence-electron chi connectivity index (χ3n) is 5.82. The Morgan fingerprint density at radius 1 is 0.536 bits per heavy atom. The van der Waals surface area contributed by atoms with Crippen LogP contribution in [0.25, 0.3) is 0 Å². The third-order valence-corrected chi connectivity index (χ3v) is 5.82. The summed E-state index contributed by atoms with van der Waals surface area (Å²) in [6.07, 6.45) is -0.743. The van der Waals surface area contributed by atoms with E-state index in [1.807, 2.05) is 0 Å². The largest absolute Gasteiger partial charge is 0.470 e. The van der Waals surface area contributed by atoms with Gasteiger partial charge in [-0.25, -0.2) is 0 Å². The first-order valence-corrected chi connectivity index (χ1v) is 9.67. The van der Waals surface area contributed by atoms with E-state index in [0.29, 0.717) is 0 Å². The molecule has 140 valence electrons. The van der Waals surface area contributed by atoms with Crippen LogP contribution in [0, 0.1) is 20.8 Å². The minimum Gasteiger partial charge on any atom is -0.470 e. The summed E-state index contributed by atoms with van der Waals surface area (Å²) in [7, 11) is 0. The lowest BCUT2D eigenvalue weighted by molar-refractivity contribution is -0.202. The van der Waals surface area contributed by atoms with Gasteiger partial charge in [0.05, 0.1) is 16.7 Å². The summed E-state index contributed by atoms with van der Waals surface area (Å²) in [5, 5.41) is 0. The summed E-state index contributed by atoms with van der Waals surface area (Å²) in [5.41, 5.74) is 6.70. The van der Waals surface area contributed by atoms with Crippen molar-refractivity contribution < 1.29 is 14.2 Å². The van der Waals surface area contributed by atoms with Crippen LogP contribution in [0.15, 0.2) is 54.6 Å². The van der Waals surface area contributed by atoms with Crippen LogP contribution in [-0.2, 0) is 0 Å². The summed E-state index contributed by atoms with van der Waals surface area (Å²) >= 11 is 0. The zero-order chi connectivity index (χ0) is 19.0. The van der Waals surface area contributed by atoms with Crippen molar-refractivity contribution in [2.75, 3.05) is 0 Å². The molecule has 0 bridgehead atoms. The topological polar surface area (TPSA) is 30.9 Å². The number of rotatable bonds is 0. The lowest BCUT2D eigenvalue weighted by Crippen LogP contribution is -2.50. The maximum Gasteiger partial charge on any atom is 0.188 e. The van der Waals surface area contributed by atoms with Gasteiger partial charge in [-0.1, -0.05) is 34.9 Å². The summed E-state index contributed by atoms with van der Waals surface area (Å²) in [6, 6.07) is 18.9. The van der Waals surface area contributed by atoms with E-state index in [0.717, 1.165) is 33.9 Å². The molecule has 0 aliphatic carbocycles. The maximum absolute atomic E-state index is 6.52. The molecule has 3 aromatic rings. The smallest absolute Gasteiger partial charge is 0.188 e. The molecule has 6 rings (SSSR count). The SMILES string of the molecule is Cc1ccc2c(c1)[C@@H]1Oc3ccc(C)cc3[C@@H]3Oc4ccc(C)cc4[C@H](O2)N13. The molecule has 0 fully saturated rings. The quantitative estimate of drug-likeness (QED) is 0.523. The molecule has 0 aromatic heterocycles. The second kappa shape index (κ2) is 5.52. The highest BCUT2D eigenvalue weighted by atomic mass is 16.6. The van der Waals surface area contributed by atoms with Gasteiger partial charge in [0, 0.05) is 0 Å². The molecule has 0 amide bonds. The highest BCUT2D eigenvalue weighted by Crippen LogP contribution is 2.56. The van der Waals surface area contributed by atoms with Gasteiger partial charge in [-0.15, -0.1) is 0 Å². The van der Waals surface area contributed by atoms with Crippen LogP contribution >= 0.6 is 0 Å². The molecule has 28 heavy (non-hydrogen) atoms. The molecule has 0 saturated carbocycles. The number of benzene rings is 3. The summed E-state index contributed by atoms with van der Waals surface area (Å²) in [6.45, 7) is 6.28. The lowest BCUT2D eigenvalue weighted by atomic mass is 9.96. The third kappa shape index (κ3) is 2.15. The van der Waals surface area contributed by atoms with E-state index in [9.17, 15) is 0 Å². The normalized spacial score (nSPS) is 23.9. The van der Waals surface area contributed by atoms with E-state index < -0.39 is 0 Å². The van der Waals surface area contributed by atoms with Gasteiger partial charge in [-0.05, 0) is 57.2 Å². The van der Waals surface area contributed by atoms with Crippen molar-refractivity contribution >= 4 is 0 Å². The molecule has 3 aliphatic heterocycles. The predicted molar refractivity (Wildman–Crippen MR) is 105 cm³/mol. The van der Waals surface area contributed by atoms with Gasteiger partial charge in [0.15, 0.2) is 18.7 Å². The second-order valence-corrected chi connectivity index (χ2v) is 7.98. The van der Waals surface area contributed by atoms with Gasteiger partial charge in [-0.2, -0.15) is 4.90 Å². The van der Waals surface area contributed by atoms with Crippen molar-refractivity contribution in [3.05, 3.63) is 88.0 Å². The lowest BCUT2D eigenvalue weighted by Gasteiger charge is -2.51. The molecule has 0 radical (unpaired) electrons. The van der Waals surface area contributed by atoms with Crippen molar-refractivity contribution in [3.8, 4) is 17.2 Å². The predicted octanol–water partition coefficient (Wildman–Crippen LogP) is 5.49. The molecule has 3 atom stereocenters.